The van der Waals surface area contributed by atoms with Crippen LogP contribution in [0.5, 0.6) is 0 Å². The number of aliphatic imine (C=N–C) groups is 1. The summed E-state index contributed by atoms with van der Waals surface area (Å²) in [4.78, 5) is 4.05. The standard InChI is InChI=1S/C13H15F4N3/c1-12(9-5-8(18)2-3-10(9)14)6-7(13(15,16)17)4-11(19)20-12/h2-3,5,7H,4,6,18H2,1H3,(H2,19,20). The molecule has 3 nitrogen and oxygen atoms in total. The quantitative estimate of drug-likeness (QED) is 0.616. The molecule has 1 aromatic rings. The molecular formula is C13H15F4N3. The molecule has 0 saturated heterocycles. The van der Waals surface area contributed by atoms with Crippen molar-refractivity contribution in [3.63, 3.8) is 0 Å². The van der Waals surface area contributed by atoms with E-state index in [4.69, 9.17) is 11.5 Å². The van der Waals surface area contributed by atoms with Gasteiger partial charge in [0.1, 0.15) is 5.82 Å². The summed E-state index contributed by atoms with van der Waals surface area (Å²) in [5.74, 6) is -2.39. The lowest BCUT2D eigenvalue weighted by Gasteiger charge is -2.36. The molecule has 1 aromatic carbocycles. The summed E-state index contributed by atoms with van der Waals surface area (Å²) in [6.45, 7) is 1.44. The van der Waals surface area contributed by atoms with Crippen LogP contribution in [0, 0.1) is 11.7 Å². The van der Waals surface area contributed by atoms with Crippen LogP contribution in [0.4, 0.5) is 23.2 Å². The topological polar surface area (TPSA) is 64.4 Å². The molecular weight excluding hydrogens is 274 g/mol. The minimum absolute atomic E-state index is 0.0365. The molecule has 2 unspecified atom stereocenters. The molecule has 2 atom stereocenters. The number of amidine groups is 1. The molecule has 0 fully saturated rings. The van der Waals surface area contributed by atoms with E-state index in [9.17, 15) is 17.6 Å². The van der Waals surface area contributed by atoms with E-state index < -0.39 is 23.5 Å². The Morgan fingerprint density at radius 2 is 1.95 bits per heavy atom. The lowest BCUT2D eigenvalue weighted by Crippen LogP contribution is -2.40. The van der Waals surface area contributed by atoms with Crippen LogP contribution >= 0.6 is 0 Å². The first-order valence-corrected chi connectivity index (χ1v) is 6.08. The van der Waals surface area contributed by atoms with Gasteiger partial charge in [0.2, 0.25) is 0 Å². The van der Waals surface area contributed by atoms with E-state index >= 15 is 0 Å². The van der Waals surface area contributed by atoms with Gasteiger partial charge < -0.3 is 11.5 Å². The monoisotopic (exact) mass is 289 g/mol. The Morgan fingerprint density at radius 1 is 1.30 bits per heavy atom. The Bertz CT molecular complexity index is 553. The summed E-state index contributed by atoms with van der Waals surface area (Å²) in [6, 6.07) is 3.78. The lowest BCUT2D eigenvalue weighted by atomic mass is 9.79. The number of nitrogen functional groups attached to an aromatic ring is 1. The Kier molecular flexibility index (Phi) is 3.39. The average Bonchev–Trinajstić information content (AvgIpc) is 2.30. The van der Waals surface area contributed by atoms with Crippen LogP contribution in [0.3, 0.4) is 0 Å². The normalized spacial score (nSPS) is 27.2. The van der Waals surface area contributed by atoms with E-state index in [1.807, 2.05) is 0 Å². The highest BCUT2D eigenvalue weighted by molar-refractivity contribution is 5.82. The van der Waals surface area contributed by atoms with Crippen molar-refractivity contribution in [1.82, 2.24) is 0 Å². The third-order valence-corrected chi connectivity index (χ3v) is 3.52. The molecule has 0 aromatic heterocycles. The Labute approximate surface area is 113 Å². The maximum atomic E-state index is 13.9. The van der Waals surface area contributed by atoms with Crippen molar-refractivity contribution < 1.29 is 17.6 Å². The SMILES string of the molecule is CC1(c2cc(N)ccc2F)CC(C(F)(F)F)CC(N)=N1. The van der Waals surface area contributed by atoms with E-state index in [-0.39, 0.29) is 29.9 Å². The molecule has 7 heteroatoms. The largest absolute Gasteiger partial charge is 0.399 e. The number of hydrogen-bond donors (Lipinski definition) is 2. The lowest BCUT2D eigenvalue weighted by molar-refractivity contribution is -0.179. The number of nitrogens with zero attached hydrogens (tertiary/aromatic N) is 1. The summed E-state index contributed by atoms with van der Waals surface area (Å²) < 4.78 is 52.7. The maximum absolute atomic E-state index is 13.9. The van der Waals surface area contributed by atoms with Crippen LogP contribution in [-0.4, -0.2) is 12.0 Å². The van der Waals surface area contributed by atoms with Gasteiger partial charge in [-0.25, -0.2) is 4.39 Å². The third kappa shape index (κ3) is 2.71. The second kappa shape index (κ2) is 4.64. The zero-order chi connectivity index (χ0) is 15.1. The van der Waals surface area contributed by atoms with Gasteiger partial charge in [-0.3, -0.25) is 4.99 Å². The molecule has 2 rings (SSSR count). The molecule has 1 heterocycles. The summed E-state index contributed by atoms with van der Waals surface area (Å²) in [5.41, 5.74) is 10.0. The number of nitrogens with two attached hydrogens (primary N) is 2. The zero-order valence-corrected chi connectivity index (χ0v) is 10.8. The van der Waals surface area contributed by atoms with Gasteiger partial charge in [0.25, 0.3) is 0 Å². The summed E-state index contributed by atoms with van der Waals surface area (Å²) in [5, 5.41) is 0. The Morgan fingerprint density at radius 3 is 2.55 bits per heavy atom. The van der Waals surface area contributed by atoms with Crippen molar-refractivity contribution in [3.8, 4) is 0 Å². The van der Waals surface area contributed by atoms with Gasteiger partial charge in [-0.1, -0.05) is 0 Å². The summed E-state index contributed by atoms with van der Waals surface area (Å²) >= 11 is 0. The molecule has 1 aliphatic rings. The predicted octanol–water partition coefficient (Wildman–Crippen LogP) is 2.95. The summed E-state index contributed by atoms with van der Waals surface area (Å²) in [7, 11) is 0. The summed E-state index contributed by atoms with van der Waals surface area (Å²) in [6.07, 6.45) is -5.10. The molecule has 0 spiro atoms. The highest BCUT2D eigenvalue weighted by Gasteiger charge is 2.47. The van der Waals surface area contributed by atoms with Gasteiger partial charge >= 0.3 is 6.18 Å². The average molecular weight is 289 g/mol. The highest BCUT2D eigenvalue weighted by atomic mass is 19.4. The molecule has 0 amide bonds. The first kappa shape index (κ1) is 14.6. The van der Waals surface area contributed by atoms with Crippen molar-refractivity contribution in [3.05, 3.63) is 29.6 Å². The molecule has 0 bridgehead atoms. The smallest absolute Gasteiger partial charge is 0.392 e. The fraction of sp³-hybridized carbons (Fsp3) is 0.462. The minimum Gasteiger partial charge on any atom is -0.399 e. The number of anilines is 1. The molecule has 4 N–H and O–H groups in total. The molecule has 0 radical (unpaired) electrons. The second-order valence-electron chi connectivity index (χ2n) is 5.26. The van der Waals surface area contributed by atoms with Crippen LogP contribution in [0.25, 0.3) is 0 Å². The van der Waals surface area contributed by atoms with Crippen LogP contribution in [0.15, 0.2) is 23.2 Å². The zero-order valence-electron chi connectivity index (χ0n) is 10.8. The van der Waals surface area contributed by atoms with Gasteiger partial charge in [0.05, 0.1) is 17.3 Å². The Hall–Kier alpha value is -1.79. The minimum atomic E-state index is -4.39. The molecule has 20 heavy (non-hydrogen) atoms. The second-order valence-corrected chi connectivity index (χ2v) is 5.26. The number of benzene rings is 1. The van der Waals surface area contributed by atoms with E-state index in [1.165, 1.54) is 19.1 Å². The molecule has 1 aliphatic heterocycles. The Balaban J connectivity index is 2.48. The molecule has 0 saturated carbocycles. The molecule has 110 valence electrons. The van der Waals surface area contributed by atoms with Crippen molar-refractivity contribution in [2.45, 2.75) is 31.5 Å². The van der Waals surface area contributed by atoms with E-state index in [1.54, 1.807) is 0 Å². The van der Waals surface area contributed by atoms with Crippen molar-refractivity contribution >= 4 is 11.5 Å². The number of halogens is 4. The van der Waals surface area contributed by atoms with Gasteiger partial charge in [0, 0.05) is 17.7 Å². The van der Waals surface area contributed by atoms with Crippen molar-refractivity contribution in [1.29, 1.82) is 0 Å². The van der Waals surface area contributed by atoms with Gasteiger partial charge in [-0.2, -0.15) is 13.2 Å². The first-order chi connectivity index (χ1) is 9.12. The fourth-order valence-corrected chi connectivity index (χ4v) is 2.57. The number of rotatable bonds is 1. The number of hydrogen-bond acceptors (Lipinski definition) is 3. The maximum Gasteiger partial charge on any atom is 0.392 e. The van der Waals surface area contributed by atoms with E-state index in [2.05, 4.69) is 4.99 Å². The van der Waals surface area contributed by atoms with Crippen molar-refractivity contribution in [2.75, 3.05) is 5.73 Å². The van der Waals surface area contributed by atoms with Crippen LogP contribution in [-0.2, 0) is 5.54 Å². The number of alkyl halides is 3. The van der Waals surface area contributed by atoms with Crippen LogP contribution in [0.1, 0.15) is 25.3 Å². The van der Waals surface area contributed by atoms with E-state index in [0.29, 0.717) is 0 Å². The van der Waals surface area contributed by atoms with E-state index in [0.717, 1.165) is 6.07 Å². The van der Waals surface area contributed by atoms with Crippen molar-refractivity contribution in [2.24, 2.45) is 16.6 Å². The van der Waals surface area contributed by atoms with Crippen LogP contribution in [0.2, 0.25) is 0 Å². The first-order valence-electron chi connectivity index (χ1n) is 6.08. The fourth-order valence-electron chi connectivity index (χ4n) is 2.57. The van der Waals surface area contributed by atoms with Gasteiger partial charge in [0.15, 0.2) is 0 Å². The van der Waals surface area contributed by atoms with Gasteiger partial charge in [-0.15, -0.1) is 0 Å². The predicted molar refractivity (Wildman–Crippen MR) is 68.6 cm³/mol. The van der Waals surface area contributed by atoms with Crippen LogP contribution < -0.4 is 11.5 Å². The third-order valence-electron chi connectivity index (χ3n) is 3.52. The van der Waals surface area contributed by atoms with Gasteiger partial charge in [-0.05, 0) is 31.5 Å². The molecule has 0 aliphatic carbocycles. The highest BCUT2D eigenvalue weighted by Crippen LogP contribution is 2.44.